The van der Waals surface area contributed by atoms with E-state index >= 15 is 0 Å². The number of hydrogen-bond acceptors (Lipinski definition) is 7. The standard InChI is InChI=1S/C26H23N3O6/c1-16-20-5-3-4-6-21(20)35-22(16)14-28(2)23(30)9-7-17-11-18-8-10-24(31)29(25(18)27-12-17)13-19-15-33-26(32)34-19/h3-7,9,11-12,15H,8,10,13-14H2,1-2H3/b9-7+. The van der Waals surface area contributed by atoms with E-state index in [-0.39, 0.29) is 24.1 Å². The van der Waals surface area contributed by atoms with Crippen molar-refractivity contribution in [1.82, 2.24) is 9.88 Å². The zero-order valence-electron chi connectivity index (χ0n) is 19.3. The number of para-hydroxylation sites is 1. The van der Waals surface area contributed by atoms with E-state index in [2.05, 4.69) is 9.40 Å². The quantitative estimate of drug-likeness (QED) is 0.391. The highest BCUT2D eigenvalue weighted by molar-refractivity contribution is 5.95. The van der Waals surface area contributed by atoms with E-state index in [1.807, 2.05) is 37.3 Å². The van der Waals surface area contributed by atoms with E-state index in [0.717, 1.165) is 33.4 Å². The maximum Gasteiger partial charge on any atom is 0.518 e. The van der Waals surface area contributed by atoms with Crippen molar-refractivity contribution in [2.45, 2.75) is 32.9 Å². The number of fused-ring (bicyclic) bond motifs is 2. The van der Waals surface area contributed by atoms with Crippen LogP contribution >= 0.6 is 0 Å². The van der Waals surface area contributed by atoms with Crippen LogP contribution in [0.15, 0.2) is 66.9 Å². The molecule has 9 heteroatoms. The van der Waals surface area contributed by atoms with Crippen LogP contribution in [-0.2, 0) is 29.1 Å². The molecule has 9 nitrogen and oxygen atoms in total. The lowest BCUT2D eigenvalue weighted by Crippen LogP contribution is -2.35. The number of rotatable bonds is 6. The minimum absolute atomic E-state index is 0.0598. The van der Waals surface area contributed by atoms with Crippen molar-refractivity contribution in [3.05, 3.63) is 87.7 Å². The monoisotopic (exact) mass is 473 g/mol. The van der Waals surface area contributed by atoms with E-state index < -0.39 is 5.82 Å². The van der Waals surface area contributed by atoms with Crippen molar-refractivity contribution in [3.63, 3.8) is 0 Å². The highest BCUT2D eigenvalue weighted by Gasteiger charge is 2.27. The minimum atomic E-state index is -0.816. The smallest absolute Gasteiger partial charge is 0.459 e. The second-order valence-electron chi connectivity index (χ2n) is 8.46. The third kappa shape index (κ3) is 4.52. The molecule has 1 aliphatic rings. The van der Waals surface area contributed by atoms with Gasteiger partial charge in [0.1, 0.15) is 23.4 Å². The van der Waals surface area contributed by atoms with Gasteiger partial charge in [-0.2, -0.15) is 0 Å². The molecule has 4 heterocycles. The molecule has 0 saturated heterocycles. The van der Waals surface area contributed by atoms with Crippen LogP contribution < -0.4 is 10.7 Å². The van der Waals surface area contributed by atoms with E-state index in [0.29, 0.717) is 25.2 Å². The number of carbonyl (C=O) groups is 2. The number of benzene rings is 1. The first-order chi connectivity index (χ1) is 16.9. The summed E-state index contributed by atoms with van der Waals surface area (Å²) < 4.78 is 15.5. The van der Waals surface area contributed by atoms with Crippen molar-refractivity contribution in [2.24, 2.45) is 0 Å². The summed E-state index contributed by atoms with van der Waals surface area (Å²) in [6.45, 7) is 2.40. The first-order valence-electron chi connectivity index (χ1n) is 11.2. The Bertz CT molecular complexity index is 1510. The molecule has 4 aromatic rings. The van der Waals surface area contributed by atoms with Gasteiger partial charge in [0.25, 0.3) is 0 Å². The van der Waals surface area contributed by atoms with E-state index in [4.69, 9.17) is 8.83 Å². The maximum atomic E-state index is 12.7. The summed E-state index contributed by atoms with van der Waals surface area (Å²) in [5, 5.41) is 1.04. The molecule has 5 rings (SSSR count). The van der Waals surface area contributed by atoms with Crippen molar-refractivity contribution in [2.75, 3.05) is 11.9 Å². The van der Waals surface area contributed by atoms with E-state index in [9.17, 15) is 14.4 Å². The number of anilines is 1. The lowest BCUT2D eigenvalue weighted by atomic mass is 10.0. The third-order valence-corrected chi connectivity index (χ3v) is 6.06. The fraction of sp³-hybridized carbons (Fsp3) is 0.231. The Balaban J connectivity index is 1.29. The van der Waals surface area contributed by atoms with E-state index in [1.165, 1.54) is 17.2 Å². The number of nitrogens with zero attached hydrogens (tertiary/aromatic N) is 3. The number of likely N-dealkylation sites (N-methyl/N-ethyl adjacent to an activating group) is 1. The lowest BCUT2D eigenvalue weighted by molar-refractivity contribution is -0.125. The number of amides is 2. The summed E-state index contributed by atoms with van der Waals surface area (Å²) in [6.07, 6.45) is 6.83. The number of hydrogen-bond donors (Lipinski definition) is 0. The molecule has 2 amide bonds. The third-order valence-electron chi connectivity index (χ3n) is 6.06. The molecule has 0 radical (unpaired) electrons. The topological polar surface area (TPSA) is 110 Å². The van der Waals surface area contributed by atoms with Crippen LogP contribution in [0, 0.1) is 6.92 Å². The van der Waals surface area contributed by atoms with E-state index in [1.54, 1.807) is 24.2 Å². The first-order valence-corrected chi connectivity index (χ1v) is 11.2. The summed E-state index contributed by atoms with van der Waals surface area (Å²) in [6, 6.07) is 9.70. The number of furan rings is 1. The Morgan fingerprint density at radius 1 is 1.20 bits per heavy atom. The molecule has 0 N–H and O–H groups in total. The fourth-order valence-corrected chi connectivity index (χ4v) is 4.16. The van der Waals surface area contributed by atoms with Gasteiger partial charge in [-0.25, -0.2) is 9.78 Å². The van der Waals surface area contributed by atoms with Crippen LogP contribution in [0.2, 0.25) is 0 Å². The van der Waals surface area contributed by atoms with Crippen molar-refractivity contribution < 1.29 is 22.8 Å². The summed E-state index contributed by atoms with van der Waals surface area (Å²) >= 11 is 0. The Hall–Kier alpha value is -4.40. The zero-order valence-corrected chi connectivity index (χ0v) is 19.3. The van der Waals surface area contributed by atoms with Gasteiger partial charge in [0.2, 0.25) is 11.8 Å². The average Bonchev–Trinajstić information content (AvgIpc) is 3.41. The predicted octanol–water partition coefficient (Wildman–Crippen LogP) is 3.83. The van der Waals surface area contributed by atoms with Crippen molar-refractivity contribution in [1.29, 1.82) is 0 Å². The molecule has 0 saturated carbocycles. The molecule has 0 atom stereocenters. The second kappa shape index (κ2) is 9.09. The predicted molar refractivity (Wildman–Crippen MR) is 127 cm³/mol. The summed E-state index contributed by atoms with van der Waals surface area (Å²) in [4.78, 5) is 43.8. The highest BCUT2D eigenvalue weighted by Crippen LogP contribution is 2.28. The molecule has 0 spiro atoms. The molecule has 1 aliphatic heterocycles. The van der Waals surface area contributed by atoms with Gasteiger partial charge in [-0.15, -0.1) is 0 Å². The van der Waals surface area contributed by atoms with Gasteiger partial charge in [0.15, 0.2) is 5.76 Å². The molecule has 3 aromatic heterocycles. The molecule has 0 unspecified atom stereocenters. The van der Waals surface area contributed by atoms with Crippen molar-refractivity contribution >= 4 is 34.7 Å². The van der Waals surface area contributed by atoms with Crippen LogP contribution in [0.5, 0.6) is 0 Å². The largest absolute Gasteiger partial charge is 0.518 e. The number of aryl methyl sites for hydroxylation is 2. The molecule has 178 valence electrons. The highest BCUT2D eigenvalue weighted by atomic mass is 16.6. The second-order valence-corrected chi connectivity index (χ2v) is 8.46. The summed E-state index contributed by atoms with van der Waals surface area (Å²) in [7, 11) is 1.72. The number of aromatic nitrogens is 1. The minimum Gasteiger partial charge on any atom is -0.459 e. The van der Waals surface area contributed by atoms with Gasteiger partial charge in [0, 0.05) is 36.7 Å². The van der Waals surface area contributed by atoms with Crippen LogP contribution in [0.4, 0.5) is 5.82 Å². The zero-order chi connectivity index (χ0) is 24.5. The van der Waals surface area contributed by atoms with Gasteiger partial charge in [0.05, 0.1) is 13.1 Å². The molecule has 1 aromatic carbocycles. The van der Waals surface area contributed by atoms with Crippen LogP contribution in [-0.4, -0.2) is 28.7 Å². The summed E-state index contributed by atoms with van der Waals surface area (Å²) in [5.41, 5.74) is 3.45. The van der Waals surface area contributed by atoms with Gasteiger partial charge < -0.3 is 18.2 Å². The van der Waals surface area contributed by atoms with Crippen molar-refractivity contribution in [3.8, 4) is 0 Å². The lowest BCUT2D eigenvalue weighted by Gasteiger charge is -2.27. The van der Waals surface area contributed by atoms with Crippen LogP contribution in [0.3, 0.4) is 0 Å². The Kier molecular flexibility index (Phi) is 5.82. The SMILES string of the molecule is Cc1c(CN(C)C(=O)/C=C/c2cnc3c(c2)CCC(=O)N3Cc2coc(=O)o2)oc2ccccc12. The van der Waals surface area contributed by atoms with Gasteiger partial charge >= 0.3 is 5.82 Å². The maximum absolute atomic E-state index is 12.7. The van der Waals surface area contributed by atoms with Crippen LogP contribution in [0.1, 0.15) is 34.6 Å². The Morgan fingerprint density at radius 2 is 2.03 bits per heavy atom. The molecule has 35 heavy (non-hydrogen) atoms. The molecule has 0 bridgehead atoms. The molecular weight excluding hydrogens is 450 g/mol. The normalized spacial score (nSPS) is 13.5. The van der Waals surface area contributed by atoms with Gasteiger partial charge in [-0.3, -0.25) is 14.5 Å². The van der Waals surface area contributed by atoms with Crippen LogP contribution in [0.25, 0.3) is 17.0 Å². The molecule has 0 aliphatic carbocycles. The summed E-state index contributed by atoms with van der Waals surface area (Å²) in [5.74, 6) is 0.401. The van der Waals surface area contributed by atoms with Gasteiger partial charge in [-0.1, -0.05) is 18.2 Å². The fourth-order valence-electron chi connectivity index (χ4n) is 4.16. The van der Waals surface area contributed by atoms with Gasteiger partial charge in [-0.05, 0) is 42.7 Å². The average molecular weight is 473 g/mol. The first kappa shape index (κ1) is 22.4. The number of pyridine rings is 1. The Labute approximate surface area is 200 Å². The Morgan fingerprint density at radius 3 is 2.80 bits per heavy atom. The molecular formula is C26H23N3O6. The molecule has 0 fully saturated rings. The number of carbonyl (C=O) groups excluding carboxylic acids is 2.